The lowest BCUT2D eigenvalue weighted by atomic mass is 10.2. The van der Waals surface area contributed by atoms with Gasteiger partial charge in [0.25, 0.3) is 5.56 Å². The third-order valence-corrected chi connectivity index (χ3v) is 2.41. The van der Waals surface area contributed by atoms with Crippen LogP contribution in [0.15, 0.2) is 23.1 Å². The van der Waals surface area contributed by atoms with Crippen LogP contribution in [0.25, 0.3) is 0 Å². The predicted octanol–water partition coefficient (Wildman–Crippen LogP) is 0.632. The number of aromatic nitrogens is 1. The number of rotatable bonds is 4. The van der Waals surface area contributed by atoms with E-state index < -0.39 is 17.6 Å². The molecule has 0 radical (unpaired) electrons. The normalized spacial score (nSPS) is 12.2. The summed E-state index contributed by atoms with van der Waals surface area (Å²) >= 11 is 0. The van der Waals surface area contributed by atoms with Crippen LogP contribution in [0, 0.1) is 0 Å². The summed E-state index contributed by atoms with van der Waals surface area (Å²) in [7, 11) is 0. The summed E-state index contributed by atoms with van der Waals surface area (Å²) in [5, 5.41) is 11.5. The maximum atomic E-state index is 11.8. The van der Waals surface area contributed by atoms with E-state index in [9.17, 15) is 14.4 Å². The minimum Gasteiger partial charge on any atom is -0.478 e. The van der Waals surface area contributed by atoms with Gasteiger partial charge < -0.3 is 15.0 Å². The van der Waals surface area contributed by atoms with E-state index in [0.717, 1.165) is 10.6 Å². The summed E-state index contributed by atoms with van der Waals surface area (Å²) in [5.74, 6) is -1.46. The van der Waals surface area contributed by atoms with Crippen LogP contribution in [0.3, 0.4) is 0 Å². The van der Waals surface area contributed by atoms with E-state index >= 15 is 0 Å². The summed E-state index contributed by atoms with van der Waals surface area (Å²) in [6.07, 6.45) is 1.18. The summed E-state index contributed by atoms with van der Waals surface area (Å²) in [6, 6.07) is 1.56. The summed E-state index contributed by atoms with van der Waals surface area (Å²) in [4.78, 5) is 34.2. The van der Waals surface area contributed by atoms with Gasteiger partial charge in [-0.1, -0.05) is 0 Å². The van der Waals surface area contributed by atoms with Crippen molar-refractivity contribution in [3.05, 3.63) is 34.2 Å². The molecule has 1 rings (SSSR count). The van der Waals surface area contributed by atoms with Crippen molar-refractivity contribution in [3.63, 3.8) is 0 Å². The fourth-order valence-electron chi connectivity index (χ4n) is 1.46. The molecule has 1 aromatic heterocycles. The molecule has 6 nitrogen and oxygen atoms in total. The van der Waals surface area contributed by atoms with Crippen molar-refractivity contribution in [2.45, 2.75) is 32.9 Å². The SMILES string of the molecule is CC(C)NC(=O)C(C)n1cc(C(=O)O)ccc1=O. The third-order valence-electron chi connectivity index (χ3n) is 2.41. The van der Waals surface area contributed by atoms with E-state index in [2.05, 4.69) is 5.32 Å². The Hall–Kier alpha value is -2.11. The van der Waals surface area contributed by atoms with E-state index in [1.165, 1.54) is 12.3 Å². The van der Waals surface area contributed by atoms with Crippen LogP contribution in [0.2, 0.25) is 0 Å². The molecule has 0 aromatic carbocycles. The molecular weight excluding hydrogens is 236 g/mol. The van der Waals surface area contributed by atoms with Crippen LogP contribution in [-0.4, -0.2) is 27.6 Å². The molecule has 1 heterocycles. The second-order valence-electron chi connectivity index (χ2n) is 4.31. The molecule has 1 amide bonds. The molecule has 0 spiro atoms. The number of carbonyl (C=O) groups excluding carboxylic acids is 1. The molecule has 0 bridgehead atoms. The lowest BCUT2D eigenvalue weighted by Crippen LogP contribution is -2.38. The topological polar surface area (TPSA) is 88.4 Å². The van der Waals surface area contributed by atoms with Crippen molar-refractivity contribution in [1.82, 2.24) is 9.88 Å². The standard InChI is InChI=1S/C12H16N2O4/c1-7(2)13-11(16)8(3)14-6-9(12(17)18)4-5-10(14)15/h4-8H,1-3H3,(H,13,16)(H,17,18). The van der Waals surface area contributed by atoms with Crippen molar-refractivity contribution in [2.75, 3.05) is 0 Å². The molecule has 0 aliphatic rings. The monoisotopic (exact) mass is 252 g/mol. The summed E-state index contributed by atoms with van der Waals surface area (Å²) < 4.78 is 1.11. The van der Waals surface area contributed by atoms with Gasteiger partial charge in [-0.05, 0) is 26.8 Å². The first-order valence-corrected chi connectivity index (χ1v) is 5.58. The Morgan fingerprint density at radius 1 is 1.28 bits per heavy atom. The van der Waals surface area contributed by atoms with Crippen LogP contribution in [0.4, 0.5) is 0 Å². The highest BCUT2D eigenvalue weighted by atomic mass is 16.4. The first kappa shape index (κ1) is 14.0. The number of carbonyl (C=O) groups is 2. The van der Waals surface area contributed by atoms with Crippen molar-refractivity contribution >= 4 is 11.9 Å². The molecule has 0 saturated heterocycles. The summed E-state index contributed by atoms with van der Waals surface area (Å²) in [6.45, 7) is 5.16. The number of pyridine rings is 1. The van der Waals surface area contributed by atoms with Gasteiger partial charge in [0.15, 0.2) is 0 Å². The minimum absolute atomic E-state index is 0.0289. The highest BCUT2D eigenvalue weighted by Gasteiger charge is 2.17. The quantitative estimate of drug-likeness (QED) is 0.822. The Morgan fingerprint density at radius 2 is 1.89 bits per heavy atom. The Balaban J connectivity index is 3.08. The fourth-order valence-corrected chi connectivity index (χ4v) is 1.46. The molecule has 98 valence electrons. The van der Waals surface area contributed by atoms with Gasteiger partial charge in [0.2, 0.25) is 5.91 Å². The number of nitrogens with zero attached hydrogens (tertiary/aromatic N) is 1. The Labute approximate surface area is 104 Å². The number of amides is 1. The molecule has 0 aliphatic carbocycles. The molecule has 1 atom stereocenters. The Kier molecular flexibility index (Phi) is 4.25. The molecule has 18 heavy (non-hydrogen) atoms. The number of carboxylic acid groups (broad SMARTS) is 1. The maximum absolute atomic E-state index is 11.8. The smallest absolute Gasteiger partial charge is 0.337 e. The summed E-state index contributed by atoms with van der Waals surface area (Å²) in [5.41, 5.74) is -0.440. The van der Waals surface area contributed by atoms with Crippen LogP contribution < -0.4 is 10.9 Å². The molecular formula is C12H16N2O4. The van der Waals surface area contributed by atoms with E-state index in [4.69, 9.17) is 5.11 Å². The van der Waals surface area contributed by atoms with Crippen molar-refractivity contribution < 1.29 is 14.7 Å². The Morgan fingerprint density at radius 3 is 2.39 bits per heavy atom. The highest BCUT2D eigenvalue weighted by molar-refractivity contribution is 5.87. The molecule has 0 saturated carbocycles. The Bertz CT molecular complexity index is 519. The van der Waals surface area contributed by atoms with Crippen molar-refractivity contribution in [3.8, 4) is 0 Å². The van der Waals surface area contributed by atoms with Gasteiger partial charge in [-0.3, -0.25) is 9.59 Å². The zero-order valence-corrected chi connectivity index (χ0v) is 10.5. The number of carboxylic acids is 1. The largest absolute Gasteiger partial charge is 0.478 e. The van der Waals surface area contributed by atoms with Gasteiger partial charge in [-0.2, -0.15) is 0 Å². The highest BCUT2D eigenvalue weighted by Crippen LogP contribution is 2.05. The average Bonchev–Trinajstić information content (AvgIpc) is 2.27. The van der Waals surface area contributed by atoms with Crippen LogP contribution >= 0.6 is 0 Å². The van der Waals surface area contributed by atoms with Gasteiger partial charge in [-0.15, -0.1) is 0 Å². The van der Waals surface area contributed by atoms with Crippen LogP contribution in [0.5, 0.6) is 0 Å². The fraction of sp³-hybridized carbons (Fsp3) is 0.417. The number of aromatic carboxylic acids is 1. The van der Waals surface area contributed by atoms with Crippen molar-refractivity contribution in [2.24, 2.45) is 0 Å². The average molecular weight is 252 g/mol. The van der Waals surface area contributed by atoms with Gasteiger partial charge in [-0.25, -0.2) is 4.79 Å². The van der Waals surface area contributed by atoms with E-state index in [0.29, 0.717) is 0 Å². The second kappa shape index (κ2) is 5.48. The first-order chi connectivity index (χ1) is 8.32. The lowest BCUT2D eigenvalue weighted by molar-refractivity contribution is -0.124. The molecule has 0 aliphatic heterocycles. The van der Waals surface area contributed by atoms with Gasteiger partial charge in [0.1, 0.15) is 6.04 Å². The van der Waals surface area contributed by atoms with Gasteiger partial charge in [0, 0.05) is 18.3 Å². The van der Waals surface area contributed by atoms with E-state index in [1.807, 2.05) is 0 Å². The van der Waals surface area contributed by atoms with Crippen LogP contribution in [-0.2, 0) is 4.79 Å². The maximum Gasteiger partial charge on any atom is 0.337 e. The zero-order valence-electron chi connectivity index (χ0n) is 10.5. The number of hydrogen-bond acceptors (Lipinski definition) is 3. The number of nitrogens with one attached hydrogen (secondary N) is 1. The van der Waals surface area contributed by atoms with Gasteiger partial charge >= 0.3 is 5.97 Å². The van der Waals surface area contributed by atoms with E-state index in [1.54, 1.807) is 20.8 Å². The van der Waals surface area contributed by atoms with Crippen molar-refractivity contribution in [1.29, 1.82) is 0 Å². The number of hydrogen-bond donors (Lipinski definition) is 2. The van der Waals surface area contributed by atoms with E-state index in [-0.39, 0.29) is 17.5 Å². The molecule has 2 N–H and O–H groups in total. The molecule has 0 fully saturated rings. The zero-order chi connectivity index (χ0) is 13.9. The second-order valence-corrected chi connectivity index (χ2v) is 4.31. The predicted molar refractivity (Wildman–Crippen MR) is 65.7 cm³/mol. The first-order valence-electron chi connectivity index (χ1n) is 5.58. The van der Waals surface area contributed by atoms with Gasteiger partial charge in [0.05, 0.1) is 5.56 Å². The lowest BCUT2D eigenvalue weighted by Gasteiger charge is -2.17. The third kappa shape index (κ3) is 3.19. The van der Waals surface area contributed by atoms with Crippen LogP contribution in [0.1, 0.15) is 37.2 Å². The minimum atomic E-state index is -1.14. The molecule has 6 heteroatoms. The molecule has 1 unspecified atom stereocenters. The molecule has 1 aromatic rings.